The van der Waals surface area contributed by atoms with Gasteiger partial charge in [0.1, 0.15) is 0 Å². The van der Waals surface area contributed by atoms with Crippen molar-refractivity contribution < 1.29 is 4.79 Å². The van der Waals surface area contributed by atoms with E-state index in [0.29, 0.717) is 35.9 Å². The van der Waals surface area contributed by atoms with Gasteiger partial charge in [-0.05, 0) is 62.8 Å². The lowest BCUT2D eigenvalue weighted by Gasteiger charge is -2.44. The third kappa shape index (κ3) is 4.38. The van der Waals surface area contributed by atoms with E-state index in [0.717, 1.165) is 38.8 Å². The Balaban J connectivity index is 1.28. The van der Waals surface area contributed by atoms with Crippen molar-refractivity contribution in [3.63, 3.8) is 0 Å². The van der Waals surface area contributed by atoms with E-state index >= 15 is 0 Å². The van der Waals surface area contributed by atoms with E-state index in [-0.39, 0.29) is 5.92 Å². The Bertz CT molecular complexity index is 620. The monoisotopic (exact) mass is 369 g/mol. The standard InChI is InChI=1S/C23H35N3O/c1-16-12-21(10-11-26(16)15-17-6-3-2-4-7-17)25-23(27)20-13-18-8-5-9-19(14-20)22(18)24/h2-4,6-7,16,18-22H,5,8-15,24H2,1H3,(H,25,27). The number of carbonyl (C=O) groups excluding carboxylic acids is 1. The molecule has 1 amide bonds. The van der Waals surface area contributed by atoms with Crippen molar-refractivity contribution in [3.05, 3.63) is 35.9 Å². The van der Waals surface area contributed by atoms with E-state index in [9.17, 15) is 4.79 Å². The quantitative estimate of drug-likeness (QED) is 0.856. The molecule has 27 heavy (non-hydrogen) atoms. The number of carbonyl (C=O) groups is 1. The molecule has 2 aliphatic carbocycles. The summed E-state index contributed by atoms with van der Waals surface area (Å²) >= 11 is 0. The number of benzene rings is 1. The molecule has 4 atom stereocenters. The van der Waals surface area contributed by atoms with Crippen LogP contribution in [0.15, 0.2) is 30.3 Å². The number of hydrogen-bond donors (Lipinski definition) is 2. The van der Waals surface area contributed by atoms with Crippen molar-refractivity contribution >= 4 is 5.91 Å². The fourth-order valence-corrected chi connectivity index (χ4v) is 5.73. The Morgan fingerprint density at radius 3 is 2.48 bits per heavy atom. The topological polar surface area (TPSA) is 58.4 Å². The van der Waals surface area contributed by atoms with Gasteiger partial charge in [-0.1, -0.05) is 36.8 Å². The van der Waals surface area contributed by atoms with Gasteiger partial charge in [0.2, 0.25) is 5.91 Å². The Hall–Kier alpha value is -1.39. The Labute approximate surface area is 163 Å². The van der Waals surface area contributed by atoms with Gasteiger partial charge in [-0.15, -0.1) is 0 Å². The molecule has 0 aromatic heterocycles. The van der Waals surface area contributed by atoms with E-state index < -0.39 is 0 Å². The van der Waals surface area contributed by atoms with Crippen LogP contribution in [0.2, 0.25) is 0 Å². The average Bonchev–Trinajstić information content (AvgIpc) is 2.64. The third-order valence-corrected chi connectivity index (χ3v) is 7.37. The number of nitrogens with zero attached hydrogens (tertiary/aromatic N) is 1. The first-order valence-electron chi connectivity index (χ1n) is 10.9. The van der Waals surface area contributed by atoms with Gasteiger partial charge in [0, 0.05) is 37.1 Å². The van der Waals surface area contributed by atoms with Gasteiger partial charge in [0.15, 0.2) is 0 Å². The van der Waals surface area contributed by atoms with Crippen molar-refractivity contribution in [2.75, 3.05) is 6.54 Å². The van der Waals surface area contributed by atoms with Crippen LogP contribution >= 0.6 is 0 Å². The zero-order valence-electron chi connectivity index (χ0n) is 16.6. The molecule has 1 aromatic carbocycles. The van der Waals surface area contributed by atoms with Gasteiger partial charge >= 0.3 is 0 Å². The van der Waals surface area contributed by atoms with Gasteiger partial charge in [-0.25, -0.2) is 0 Å². The second-order valence-electron chi connectivity index (χ2n) is 9.23. The molecule has 0 radical (unpaired) electrons. The number of piperidine rings is 1. The predicted molar refractivity (Wildman–Crippen MR) is 109 cm³/mol. The van der Waals surface area contributed by atoms with Crippen molar-refractivity contribution in [3.8, 4) is 0 Å². The molecule has 1 aliphatic heterocycles. The maximum absolute atomic E-state index is 12.9. The first-order valence-corrected chi connectivity index (χ1v) is 10.9. The summed E-state index contributed by atoms with van der Waals surface area (Å²) in [4.78, 5) is 15.5. The number of fused-ring (bicyclic) bond motifs is 2. The molecule has 2 bridgehead atoms. The molecule has 3 fully saturated rings. The third-order valence-electron chi connectivity index (χ3n) is 7.37. The molecule has 3 aliphatic rings. The van der Waals surface area contributed by atoms with E-state index in [4.69, 9.17) is 5.73 Å². The molecule has 3 N–H and O–H groups in total. The number of nitrogens with two attached hydrogens (primary N) is 1. The van der Waals surface area contributed by atoms with Crippen LogP contribution in [0.1, 0.15) is 57.4 Å². The summed E-state index contributed by atoms with van der Waals surface area (Å²) in [5, 5.41) is 3.40. The molecule has 4 nitrogen and oxygen atoms in total. The average molecular weight is 370 g/mol. The maximum Gasteiger partial charge on any atom is 0.223 e. The summed E-state index contributed by atoms with van der Waals surface area (Å²) < 4.78 is 0. The molecule has 1 heterocycles. The lowest BCUT2D eigenvalue weighted by atomic mass is 9.65. The van der Waals surface area contributed by atoms with Crippen molar-refractivity contribution in [1.29, 1.82) is 0 Å². The van der Waals surface area contributed by atoms with Gasteiger partial charge in [0.05, 0.1) is 0 Å². The van der Waals surface area contributed by atoms with E-state index in [1.165, 1.54) is 24.8 Å². The van der Waals surface area contributed by atoms with Crippen molar-refractivity contribution in [2.24, 2.45) is 23.5 Å². The summed E-state index contributed by atoms with van der Waals surface area (Å²) in [6.45, 7) is 4.36. The molecule has 0 spiro atoms. The van der Waals surface area contributed by atoms with Gasteiger partial charge in [0.25, 0.3) is 0 Å². The maximum atomic E-state index is 12.9. The summed E-state index contributed by atoms with van der Waals surface area (Å²) in [7, 11) is 0. The van der Waals surface area contributed by atoms with Crippen molar-refractivity contribution in [1.82, 2.24) is 10.2 Å². The Morgan fingerprint density at radius 2 is 1.81 bits per heavy atom. The van der Waals surface area contributed by atoms with Crippen LogP contribution in [0.5, 0.6) is 0 Å². The zero-order chi connectivity index (χ0) is 18.8. The lowest BCUT2D eigenvalue weighted by Crippen LogP contribution is -2.52. The van der Waals surface area contributed by atoms with Crippen LogP contribution in [-0.4, -0.2) is 35.5 Å². The number of likely N-dealkylation sites (tertiary alicyclic amines) is 1. The lowest BCUT2D eigenvalue weighted by molar-refractivity contribution is -0.129. The minimum absolute atomic E-state index is 0.192. The number of rotatable bonds is 4. The highest BCUT2D eigenvalue weighted by Crippen LogP contribution is 2.42. The highest BCUT2D eigenvalue weighted by molar-refractivity contribution is 5.79. The first-order chi connectivity index (χ1) is 13.1. The zero-order valence-corrected chi connectivity index (χ0v) is 16.6. The number of nitrogens with one attached hydrogen (secondary N) is 1. The van der Waals surface area contributed by atoms with E-state index in [1.807, 2.05) is 0 Å². The van der Waals surface area contributed by atoms with Gasteiger partial charge < -0.3 is 11.1 Å². The van der Waals surface area contributed by atoms with Crippen LogP contribution in [0.4, 0.5) is 0 Å². The van der Waals surface area contributed by atoms with Crippen molar-refractivity contribution in [2.45, 2.75) is 76.5 Å². The SMILES string of the molecule is CC1CC(NC(=O)C2CC3CCCC(C2)C3N)CCN1Cc1ccccc1. The largest absolute Gasteiger partial charge is 0.353 e. The Kier molecular flexibility index (Phi) is 5.84. The highest BCUT2D eigenvalue weighted by Gasteiger charge is 2.41. The summed E-state index contributed by atoms with van der Waals surface area (Å²) in [5.41, 5.74) is 7.76. The van der Waals surface area contributed by atoms with Crippen LogP contribution in [-0.2, 0) is 11.3 Å². The fraction of sp³-hybridized carbons (Fsp3) is 0.696. The Morgan fingerprint density at radius 1 is 1.11 bits per heavy atom. The summed E-state index contributed by atoms with van der Waals surface area (Å²) in [6, 6.07) is 11.9. The molecular weight excluding hydrogens is 334 g/mol. The van der Waals surface area contributed by atoms with E-state index in [2.05, 4.69) is 47.5 Å². The molecule has 1 saturated heterocycles. The molecule has 148 valence electrons. The molecule has 4 unspecified atom stereocenters. The number of hydrogen-bond acceptors (Lipinski definition) is 3. The molecular formula is C23H35N3O. The predicted octanol–water partition coefficient (Wildman–Crippen LogP) is 3.31. The second-order valence-corrected chi connectivity index (χ2v) is 9.23. The highest BCUT2D eigenvalue weighted by atomic mass is 16.1. The second kappa shape index (κ2) is 8.32. The molecule has 1 aromatic rings. The van der Waals surface area contributed by atoms with Gasteiger partial charge in [-0.3, -0.25) is 9.69 Å². The fourth-order valence-electron chi connectivity index (χ4n) is 5.73. The van der Waals surface area contributed by atoms with Crippen LogP contribution in [0.25, 0.3) is 0 Å². The van der Waals surface area contributed by atoms with Gasteiger partial charge in [-0.2, -0.15) is 0 Å². The first kappa shape index (κ1) is 18.9. The molecule has 4 heteroatoms. The number of amides is 1. The minimum Gasteiger partial charge on any atom is -0.353 e. The van der Waals surface area contributed by atoms with Crippen LogP contribution in [0, 0.1) is 17.8 Å². The minimum atomic E-state index is 0.192. The van der Waals surface area contributed by atoms with Crippen LogP contribution < -0.4 is 11.1 Å². The summed E-state index contributed by atoms with van der Waals surface area (Å²) in [5.74, 6) is 1.63. The molecule has 2 saturated carbocycles. The molecule has 4 rings (SSSR count). The smallest absolute Gasteiger partial charge is 0.223 e. The van der Waals surface area contributed by atoms with E-state index in [1.54, 1.807) is 0 Å². The normalized spacial score (nSPS) is 37.0. The summed E-state index contributed by atoms with van der Waals surface area (Å²) in [6.07, 6.45) is 7.86. The van der Waals surface area contributed by atoms with Crippen LogP contribution in [0.3, 0.4) is 0 Å².